The minimum Gasteiger partial charge on any atom is -0.383 e. The summed E-state index contributed by atoms with van der Waals surface area (Å²) in [6, 6.07) is -0.0134. The Morgan fingerprint density at radius 2 is 2.17 bits per heavy atom. The number of hydrogen-bond acceptors (Lipinski definition) is 4. The van der Waals surface area contributed by atoms with E-state index in [2.05, 4.69) is 28.8 Å². The van der Waals surface area contributed by atoms with Crippen molar-refractivity contribution in [3.8, 4) is 0 Å². The van der Waals surface area contributed by atoms with E-state index in [1.54, 1.807) is 0 Å². The van der Waals surface area contributed by atoms with Gasteiger partial charge in [-0.25, -0.2) is 13.1 Å². The van der Waals surface area contributed by atoms with Crippen LogP contribution < -0.4 is 10.5 Å². The number of nitrogens with two attached hydrogens (primary N) is 1. The summed E-state index contributed by atoms with van der Waals surface area (Å²) in [5.74, 6) is 1.09. The lowest BCUT2D eigenvalue weighted by molar-refractivity contribution is 0.249. The van der Waals surface area contributed by atoms with E-state index in [0.717, 1.165) is 19.3 Å². The Morgan fingerprint density at radius 1 is 1.44 bits per heavy atom. The third kappa shape index (κ3) is 2.67. The molecule has 6 nitrogen and oxygen atoms in total. The lowest BCUT2D eigenvalue weighted by atomic mass is 9.80. The first-order valence-corrected chi connectivity index (χ1v) is 7.69. The number of aromatic nitrogens is 2. The van der Waals surface area contributed by atoms with Crippen molar-refractivity contribution in [1.82, 2.24) is 14.9 Å². The molecule has 3 unspecified atom stereocenters. The van der Waals surface area contributed by atoms with Crippen LogP contribution in [0.25, 0.3) is 0 Å². The van der Waals surface area contributed by atoms with Gasteiger partial charge in [0.2, 0.25) is 10.0 Å². The molecule has 0 aromatic carbocycles. The van der Waals surface area contributed by atoms with Crippen molar-refractivity contribution in [2.75, 3.05) is 5.73 Å². The standard InChI is InChI=1S/C11H20N4O2S/c1-7-3-4-9(8(2)5-7)15-18(16,17)10-6-13-14-11(10)12/h6-9,15H,3-5H2,1-2H3,(H3,12,13,14). The van der Waals surface area contributed by atoms with Gasteiger partial charge in [-0.15, -0.1) is 0 Å². The van der Waals surface area contributed by atoms with E-state index in [1.165, 1.54) is 6.20 Å². The predicted molar refractivity (Wildman–Crippen MR) is 69.3 cm³/mol. The lowest BCUT2D eigenvalue weighted by Gasteiger charge is -2.32. The molecule has 102 valence electrons. The lowest BCUT2D eigenvalue weighted by Crippen LogP contribution is -2.42. The smallest absolute Gasteiger partial charge is 0.246 e. The minimum atomic E-state index is -3.57. The van der Waals surface area contributed by atoms with Crippen LogP contribution in [0, 0.1) is 11.8 Å². The van der Waals surface area contributed by atoms with E-state index in [0.29, 0.717) is 11.8 Å². The van der Waals surface area contributed by atoms with Crippen molar-refractivity contribution >= 4 is 15.8 Å². The summed E-state index contributed by atoms with van der Waals surface area (Å²) in [6.07, 6.45) is 4.22. The highest BCUT2D eigenvalue weighted by Crippen LogP contribution is 2.29. The molecular weight excluding hydrogens is 252 g/mol. The van der Waals surface area contributed by atoms with Gasteiger partial charge in [0.25, 0.3) is 0 Å². The largest absolute Gasteiger partial charge is 0.383 e. The van der Waals surface area contributed by atoms with E-state index in [1.807, 2.05) is 0 Å². The second-order valence-electron chi connectivity index (χ2n) is 5.27. The van der Waals surface area contributed by atoms with E-state index < -0.39 is 10.0 Å². The van der Waals surface area contributed by atoms with Gasteiger partial charge in [-0.2, -0.15) is 5.10 Å². The van der Waals surface area contributed by atoms with Gasteiger partial charge in [-0.05, 0) is 31.1 Å². The third-order valence-corrected chi connectivity index (χ3v) is 5.18. The molecule has 18 heavy (non-hydrogen) atoms. The van der Waals surface area contributed by atoms with Crippen LogP contribution in [0.4, 0.5) is 5.82 Å². The maximum absolute atomic E-state index is 12.2. The van der Waals surface area contributed by atoms with Crippen LogP contribution in [-0.4, -0.2) is 24.7 Å². The molecule has 1 aromatic heterocycles. The predicted octanol–water partition coefficient (Wildman–Crippen LogP) is 1.09. The number of aromatic amines is 1. The number of hydrogen-bond donors (Lipinski definition) is 3. The molecule has 0 radical (unpaired) electrons. The van der Waals surface area contributed by atoms with Crippen LogP contribution in [0.3, 0.4) is 0 Å². The summed E-state index contributed by atoms with van der Waals surface area (Å²) < 4.78 is 27.1. The number of rotatable bonds is 3. The Labute approximate surface area is 107 Å². The van der Waals surface area contributed by atoms with Crippen molar-refractivity contribution in [3.63, 3.8) is 0 Å². The number of sulfonamides is 1. The van der Waals surface area contributed by atoms with E-state index >= 15 is 0 Å². The molecule has 0 spiro atoms. The van der Waals surface area contributed by atoms with Crippen molar-refractivity contribution in [2.45, 2.75) is 44.0 Å². The zero-order chi connectivity index (χ0) is 13.3. The Morgan fingerprint density at radius 3 is 2.72 bits per heavy atom. The maximum atomic E-state index is 12.2. The van der Waals surface area contributed by atoms with E-state index in [-0.39, 0.29) is 16.8 Å². The van der Waals surface area contributed by atoms with Gasteiger partial charge in [0, 0.05) is 6.04 Å². The molecule has 1 aromatic rings. The van der Waals surface area contributed by atoms with Crippen molar-refractivity contribution in [1.29, 1.82) is 0 Å². The second kappa shape index (κ2) is 4.89. The fraction of sp³-hybridized carbons (Fsp3) is 0.727. The Kier molecular flexibility index (Phi) is 3.63. The van der Waals surface area contributed by atoms with E-state index in [9.17, 15) is 8.42 Å². The van der Waals surface area contributed by atoms with Crippen LogP contribution >= 0.6 is 0 Å². The highest BCUT2D eigenvalue weighted by atomic mass is 32.2. The normalized spacial score (nSPS) is 29.3. The summed E-state index contributed by atoms with van der Waals surface area (Å²) >= 11 is 0. The highest BCUT2D eigenvalue weighted by Gasteiger charge is 2.30. The average Bonchev–Trinajstić information content (AvgIpc) is 2.69. The SMILES string of the molecule is CC1CCC(NS(=O)(=O)c2cn[nH]c2N)C(C)C1. The summed E-state index contributed by atoms with van der Waals surface area (Å²) in [7, 11) is -3.57. The molecule has 4 N–H and O–H groups in total. The van der Waals surface area contributed by atoms with Gasteiger partial charge in [0.1, 0.15) is 10.7 Å². The highest BCUT2D eigenvalue weighted by molar-refractivity contribution is 7.89. The number of nitrogen functional groups attached to an aromatic ring is 1. The van der Waals surface area contributed by atoms with E-state index in [4.69, 9.17) is 5.73 Å². The van der Waals surface area contributed by atoms with Gasteiger partial charge < -0.3 is 5.73 Å². The topological polar surface area (TPSA) is 101 Å². The molecule has 1 fully saturated rings. The molecule has 0 amide bonds. The van der Waals surface area contributed by atoms with Gasteiger partial charge in [-0.1, -0.05) is 13.8 Å². The Hall–Kier alpha value is -1.08. The van der Waals surface area contributed by atoms with Gasteiger partial charge in [-0.3, -0.25) is 5.10 Å². The number of H-pyrrole nitrogens is 1. The first-order valence-electron chi connectivity index (χ1n) is 6.21. The summed E-state index contributed by atoms with van der Waals surface area (Å²) in [5, 5.41) is 6.08. The Balaban J connectivity index is 2.12. The Bertz CT molecular complexity index is 511. The van der Waals surface area contributed by atoms with Gasteiger partial charge >= 0.3 is 0 Å². The average molecular weight is 272 g/mol. The molecule has 2 rings (SSSR count). The van der Waals surface area contributed by atoms with Crippen LogP contribution in [0.1, 0.15) is 33.1 Å². The quantitative estimate of drug-likeness (QED) is 0.766. The fourth-order valence-corrected chi connectivity index (χ4v) is 4.00. The number of nitrogens with one attached hydrogen (secondary N) is 2. The zero-order valence-electron chi connectivity index (χ0n) is 10.7. The second-order valence-corrected chi connectivity index (χ2v) is 6.95. The number of anilines is 1. The zero-order valence-corrected chi connectivity index (χ0v) is 11.5. The van der Waals surface area contributed by atoms with Crippen LogP contribution in [-0.2, 0) is 10.0 Å². The van der Waals surface area contributed by atoms with Crippen LogP contribution in [0.2, 0.25) is 0 Å². The minimum absolute atomic E-state index is 0.0134. The van der Waals surface area contributed by atoms with Gasteiger partial charge in [0.05, 0.1) is 6.20 Å². The molecule has 0 aliphatic heterocycles. The van der Waals surface area contributed by atoms with Crippen LogP contribution in [0.5, 0.6) is 0 Å². The fourth-order valence-electron chi connectivity index (χ4n) is 2.60. The molecule has 3 atom stereocenters. The molecule has 1 heterocycles. The van der Waals surface area contributed by atoms with Crippen molar-refractivity contribution in [3.05, 3.63) is 6.20 Å². The summed E-state index contributed by atoms with van der Waals surface area (Å²) in [5.41, 5.74) is 5.55. The maximum Gasteiger partial charge on any atom is 0.246 e. The molecule has 0 bridgehead atoms. The van der Waals surface area contributed by atoms with Crippen molar-refractivity contribution < 1.29 is 8.42 Å². The first-order chi connectivity index (χ1) is 8.40. The van der Waals surface area contributed by atoms with Crippen LogP contribution in [0.15, 0.2) is 11.1 Å². The molecule has 1 saturated carbocycles. The van der Waals surface area contributed by atoms with Gasteiger partial charge in [0.15, 0.2) is 0 Å². The molecule has 1 aliphatic rings. The summed E-state index contributed by atoms with van der Waals surface area (Å²) in [4.78, 5) is 0.0355. The first kappa shape index (κ1) is 13.4. The summed E-state index contributed by atoms with van der Waals surface area (Å²) in [6.45, 7) is 4.29. The molecular formula is C11H20N4O2S. The monoisotopic (exact) mass is 272 g/mol. The third-order valence-electron chi connectivity index (χ3n) is 3.66. The number of nitrogens with zero attached hydrogens (tertiary/aromatic N) is 1. The molecule has 0 saturated heterocycles. The molecule has 1 aliphatic carbocycles. The molecule has 7 heteroatoms. The van der Waals surface area contributed by atoms with Crippen molar-refractivity contribution in [2.24, 2.45) is 11.8 Å².